The van der Waals surface area contributed by atoms with E-state index in [-0.39, 0.29) is 17.8 Å². The number of anilines is 1. The number of thiophene rings is 1. The van der Waals surface area contributed by atoms with Crippen molar-refractivity contribution in [3.8, 4) is 5.75 Å². The largest absolute Gasteiger partial charge is 0.507 e. The maximum atomic E-state index is 12.6. The molecule has 2 aliphatic rings. The van der Waals surface area contributed by atoms with Crippen LogP contribution in [-0.2, 0) is 12.8 Å². The zero-order chi connectivity index (χ0) is 16.1. The number of nitrogens with one attached hydrogen (secondary N) is 2. The van der Waals surface area contributed by atoms with E-state index in [2.05, 4.69) is 40.1 Å². The number of hydrogen-bond donors (Lipinski definition) is 3. The van der Waals surface area contributed by atoms with E-state index in [1.807, 2.05) is 12.1 Å². The van der Waals surface area contributed by atoms with Crippen LogP contribution in [0.25, 0.3) is 0 Å². The van der Waals surface area contributed by atoms with Gasteiger partial charge in [0.2, 0.25) is 0 Å². The Labute approximate surface area is 152 Å². The quantitative estimate of drug-likeness (QED) is 0.587. The Morgan fingerprint density at radius 2 is 2.17 bits per heavy atom. The molecule has 1 aromatic heterocycles. The van der Waals surface area contributed by atoms with Gasteiger partial charge in [-0.25, -0.2) is 0 Å². The highest BCUT2D eigenvalue weighted by Gasteiger charge is 2.33. The smallest absolute Gasteiger partial charge is 0.256 e. The fraction of sp³-hybridized carbons (Fsp3) is 0.353. The molecule has 2 aromatic rings. The monoisotopic (exact) mass is 440 g/mol. The summed E-state index contributed by atoms with van der Waals surface area (Å²) < 4.78 is 0.779. The number of hydrogen-bond acceptors (Lipinski definition) is 4. The molecule has 6 heteroatoms. The van der Waals surface area contributed by atoms with Gasteiger partial charge in [0, 0.05) is 4.88 Å². The van der Waals surface area contributed by atoms with E-state index in [0.29, 0.717) is 5.92 Å². The molecular weight excluding hydrogens is 423 g/mol. The molecule has 4 rings (SSSR count). The Hall–Kier alpha value is -1.28. The summed E-state index contributed by atoms with van der Waals surface area (Å²) in [6.45, 7) is 2.27. The summed E-state index contributed by atoms with van der Waals surface area (Å²) in [5, 5.41) is 17.2. The third kappa shape index (κ3) is 2.61. The number of phenolic OH excluding ortho intramolecular Hbond substituents is 1. The predicted molar refractivity (Wildman–Crippen MR) is 100 cm³/mol. The van der Waals surface area contributed by atoms with Crippen molar-refractivity contribution in [3.05, 3.63) is 43.3 Å². The standard InChI is InChI=1S/C17H17IN2O2S/c1-8-2-4-10-13(6-8)23-17-14(10)16(22)19-15(20-17)9-3-5-12(21)11(18)7-9/h3,5,7-8,15,20-21H,2,4,6H2,1H3,(H,19,22)/t8-,15-/m1/s1. The fourth-order valence-electron chi connectivity index (χ4n) is 3.33. The molecule has 0 saturated carbocycles. The molecule has 23 heavy (non-hydrogen) atoms. The van der Waals surface area contributed by atoms with Crippen LogP contribution in [0.3, 0.4) is 0 Å². The van der Waals surface area contributed by atoms with Crippen LogP contribution in [0.5, 0.6) is 5.75 Å². The average molecular weight is 440 g/mol. The van der Waals surface area contributed by atoms with E-state index in [0.717, 1.165) is 39.0 Å². The molecule has 0 saturated heterocycles. The fourth-order valence-corrected chi connectivity index (χ4v) is 5.31. The lowest BCUT2D eigenvalue weighted by Crippen LogP contribution is -2.38. The Balaban J connectivity index is 1.70. The normalized spacial score (nSPS) is 22.8. The number of phenols is 1. The van der Waals surface area contributed by atoms with Crippen LogP contribution >= 0.6 is 33.9 Å². The van der Waals surface area contributed by atoms with Gasteiger partial charge in [-0.15, -0.1) is 11.3 Å². The summed E-state index contributed by atoms with van der Waals surface area (Å²) in [5.41, 5.74) is 3.04. The number of aromatic hydroxyl groups is 1. The zero-order valence-corrected chi connectivity index (χ0v) is 15.6. The van der Waals surface area contributed by atoms with Crippen molar-refractivity contribution < 1.29 is 9.90 Å². The minimum Gasteiger partial charge on any atom is -0.507 e. The van der Waals surface area contributed by atoms with Crippen molar-refractivity contribution in [2.75, 3.05) is 5.32 Å². The minimum absolute atomic E-state index is 0.0129. The second-order valence-corrected chi connectivity index (χ2v) is 8.58. The molecule has 1 aliphatic carbocycles. The van der Waals surface area contributed by atoms with Crippen LogP contribution in [0.4, 0.5) is 5.00 Å². The number of benzene rings is 1. The van der Waals surface area contributed by atoms with Crippen molar-refractivity contribution in [2.45, 2.75) is 32.4 Å². The molecule has 1 aliphatic heterocycles. The molecule has 1 amide bonds. The van der Waals surface area contributed by atoms with E-state index in [1.165, 1.54) is 10.4 Å². The Morgan fingerprint density at radius 3 is 2.96 bits per heavy atom. The molecule has 0 spiro atoms. The van der Waals surface area contributed by atoms with Crippen LogP contribution in [0.1, 0.15) is 45.9 Å². The van der Waals surface area contributed by atoms with Gasteiger partial charge in [-0.3, -0.25) is 4.79 Å². The number of carbonyl (C=O) groups is 1. The Kier molecular flexibility index (Phi) is 3.76. The van der Waals surface area contributed by atoms with Gasteiger partial charge in [0.1, 0.15) is 16.9 Å². The van der Waals surface area contributed by atoms with Crippen molar-refractivity contribution in [1.82, 2.24) is 5.32 Å². The lowest BCUT2D eigenvalue weighted by Gasteiger charge is -2.27. The average Bonchev–Trinajstić information content (AvgIpc) is 2.87. The van der Waals surface area contributed by atoms with Gasteiger partial charge in [0.15, 0.2) is 0 Å². The van der Waals surface area contributed by atoms with Crippen molar-refractivity contribution in [1.29, 1.82) is 0 Å². The number of fused-ring (bicyclic) bond motifs is 3. The molecule has 3 N–H and O–H groups in total. The number of amides is 1. The van der Waals surface area contributed by atoms with Crippen LogP contribution < -0.4 is 10.6 Å². The van der Waals surface area contributed by atoms with Gasteiger partial charge in [-0.2, -0.15) is 0 Å². The van der Waals surface area contributed by atoms with Gasteiger partial charge >= 0.3 is 0 Å². The number of rotatable bonds is 1. The van der Waals surface area contributed by atoms with Gasteiger partial charge in [-0.1, -0.05) is 13.0 Å². The summed E-state index contributed by atoms with van der Waals surface area (Å²) in [5.74, 6) is 0.969. The van der Waals surface area contributed by atoms with E-state index >= 15 is 0 Å². The van der Waals surface area contributed by atoms with Crippen molar-refractivity contribution >= 4 is 44.8 Å². The van der Waals surface area contributed by atoms with Gasteiger partial charge < -0.3 is 15.7 Å². The number of halogens is 1. The summed E-state index contributed by atoms with van der Waals surface area (Å²) in [6.07, 6.45) is 2.98. The van der Waals surface area contributed by atoms with Crippen LogP contribution in [0.15, 0.2) is 18.2 Å². The first-order valence-corrected chi connectivity index (χ1v) is 9.63. The molecule has 0 bridgehead atoms. The second-order valence-electron chi connectivity index (χ2n) is 6.32. The first-order chi connectivity index (χ1) is 11.0. The molecule has 2 atom stereocenters. The van der Waals surface area contributed by atoms with E-state index in [9.17, 15) is 9.90 Å². The molecule has 2 heterocycles. The summed E-state index contributed by atoms with van der Waals surface area (Å²) in [7, 11) is 0. The SMILES string of the molecule is C[C@@H]1CCc2c(sc3c2C(=O)N[C@@H](c2ccc(O)c(I)c2)N3)C1. The third-order valence-electron chi connectivity index (χ3n) is 4.59. The number of carbonyl (C=O) groups excluding carboxylic acids is 1. The summed E-state index contributed by atoms with van der Waals surface area (Å²) in [4.78, 5) is 14.0. The predicted octanol–water partition coefficient (Wildman–Crippen LogP) is 4.04. The van der Waals surface area contributed by atoms with E-state index in [1.54, 1.807) is 17.4 Å². The van der Waals surface area contributed by atoms with Crippen LogP contribution in [0.2, 0.25) is 0 Å². The molecule has 120 valence electrons. The second kappa shape index (κ2) is 5.66. The zero-order valence-electron chi connectivity index (χ0n) is 12.6. The molecule has 0 unspecified atom stereocenters. The Morgan fingerprint density at radius 1 is 1.35 bits per heavy atom. The minimum atomic E-state index is -0.248. The van der Waals surface area contributed by atoms with E-state index < -0.39 is 0 Å². The van der Waals surface area contributed by atoms with Gasteiger partial charge in [0.25, 0.3) is 5.91 Å². The van der Waals surface area contributed by atoms with E-state index in [4.69, 9.17) is 0 Å². The molecule has 0 radical (unpaired) electrons. The first-order valence-electron chi connectivity index (χ1n) is 7.73. The highest BCUT2D eigenvalue weighted by molar-refractivity contribution is 14.1. The summed E-state index contributed by atoms with van der Waals surface area (Å²) in [6, 6.07) is 5.41. The highest BCUT2D eigenvalue weighted by Crippen LogP contribution is 2.42. The first kappa shape index (κ1) is 15.3. The summed E-state index contributed by atoms with van der Waals surface area (Å²) >= 11 is 3.82. The lowest BCUT2D eigenvalue weighted by molar-refractivity contribution is 0.0935. The Bertz CT molecular complexity index is 802. The van der Waals surface area contributed by atoms with Crippen LogP contribution in [0, 0.1) is 9.49 Å². The van der Waals surface area contributed by atoms with Crippen molar-refractivity contribution in [3.63, 3.8) is 0 Å². The third-order valence-corrected chi connectivity index (χ3v) is 6.64. The molecular formula is C17H17IN2O2S. The van der Waals surface area contributed by atoms with Crippen molar-refractivity contribution in [2.24, 2.45) is 5.92 Å². The molecule has 0 fully saturated rings. The van der Waals surface area contributed by atoms with Gasteiger partial charge in [-0.05, 0) is 71.0 Å². The molecule has 1 aromatic carbocycles. The highest BCUT2D eigenvalue weighted by atomic mass is 127. The molecule has 4 nitrogen and oxygen atoms in total. The van der Waals surface area contributed by atoms with Gasteiger partial charge in [0.05, 0.1) is 9.13 Å². The van der Waals surface area contributed by atoms with Crippen LogP contribution in [-0.4, -0.2) is 11.0 Å². The topological polar surface area (TPSA) is 61.4 Å². The maximum absolute atomic E-state index is 12.6. The lowest BCUT2D eigenvalue weighted by atomic mass is 9.88. The maximum Gasteiger partial charge on any atom is 0.256 e.